The summed E-state index contributed by atoms with van der Waals surface area (Å²) in [6.07, 6.45) is 8.67. The van der Waals surface area contributed by atoms with Crippen LogP contribution >= 0.6 is 0 Å². The number of carbonyl (C=O) groups excluding carboxylic acids is 1. The number of Topliss-reactive ketones (excluding diaryl/α,β-unsaturated/α-hetero) is 1. The molecule has 116 valence electrons. The molecule has 0 saturated heterocycles. The lowest BCUT2D eigenvalue weighted by Gasteiger charge is -2.42. The maximum Gasteiger partial charge on any atom is 0.136 e. The molecular formula is C18H32O2. The SMILES string of the molecule is CC(CCCC(C)(C)O)C1CC[C@H]2C(=O)CCCC12C. The molecule has 2 nitrogen and oxygen atoms in total. The van der Waals surface area contributed by atoms with E-state index in [1.54, 1.807) is 0 Å². The molecular weight excluding hydrogens is 248 g/mol. The van der Waals surface area contributed by atoms with Crippen molar-refractivity contribution in [2.45, 2.75) is 84.7 Å². The molecule has 0 radical (unpaired) electrons. The van der Waals surface area contributed by atoms with Crippen molar-refractivity contribution in [2.75, 3.05) is 0 Å². The molecule has 0 aromatic carbocycles. The van der Waals surface area contributed by atoms with Gasteiger partial charge in [-0.2, -0.15) is 0 Å². The Balaban J connectivity index is 1.93. The van der Waals surface area contributed by atoms with Crippen LogP contribution in [0.15, 0.2) is 0 Å². The van der Waals surface area contributed by atoms with Crippen LogP contribution in [0.4, 0.5) is 0 Å². The first kappa shape index (κ1) is 16.0. The Labute approximate surface area is 124 Å². The zero-order valence-corrected chi connectivity index (χ0v) is 13.7. The summed E-state index contributed by atoms with van der Waals surface area (Å²) in [5, 5.41) is 9.82. The van der Waals surface area contributed by atoms with Gasteiger partial charge in [-0.1, -0.05) is 26.7 Å². The van der Waals surface area contributed by atoms with Crippen LogP contribution < -0.4 is 0 Å². The van der Waals surface area contributed by atoms with E-state index in [1.807, 2.05) is 13.8 Å². The molecule has 0 spiro atoms. The lowest BCUT2D eigenvalue weighted by Crippen LogP contribution is -2.39. The van der Waals surface area contributed by atoms with E-state index in [1.165, 1.54) is 19.3 Å². The van der Waals surface area contributed by atoms with E-state index in [9.17, 15) is 9.90 Å². The van der Waals surface area contributed by atoms with E-state index < -0.39 is 5.60 Å². The van der Waals surface area contributed by atoms with E-state index in [0.717, 1.165) is 32.1 Å². The second-order valence-electron chi connectivity index (χ2n) is 8.24. The van der Waals surface area contributed by atoms with Gasteiger partial charge < -0.3 is 5.11 Å². The second kappa shape index (κ2) is 5.79. The maximum absolute atomic E-state index is 12.2. The molecule has 2 saturated carbocycles. The summed E-state index contributed by atoms with van der Waals surface area (Å²) in [5.74, 6) is 2.26. The van der Waals surface area contributed by atoms with Gasteiger partial charge in [0, 0.05) is 12.3 Å². The average molecular weight is 280 g/mol. The third kappa shape index (κ3) is 3.27. The van der Waals surface area contributed by atoms with Gasteiger partial charge in [-0.3, -0.25) is 4.79 Å². The number of rotatable bonds is 5. The first-order chi connectivity index (χ1) is 9.24. The van der Waals surface area contributed by atoms with Gasteiger partial charge in [0.2, 0.25) is 0 Å². The molecule has 2 fully saturated rings. The summed E-state index contributed by atoms with van der Waals surface area (Å²) in [6, 6.07) is 0. The highest BCUT2D eigenvalue weighted by Crippen LogP contribution is 2.57. The number of ketones is 1. The van der Waals surface area contributed by atoms with Crippen molar-refractivity contribution in [2.24, 2.45) is 23.2 Å². The van der Waals surface area contributed by atoms with Crippen molar-refractivity contribution in [1.29, 1.82) is 0 Å². The Bertz CT molecular complexity index is 355. The van der Waals surface area contributed by atoms with E-state index in [0.29, 0.717) is 23.5 Å². The van der Waals surface area contributed by atoms with Gasteiger partial charge >= 0.3 is 0 Å². The third-order valence-corrected chi connectivity index (χ3v) is 6.07. The van der Waals surface area contributed by atoms with Gasteiger partial charge in [-0.05, 0) is 63.2 Å². The summed E-state index contributed by atoms with van der Waals surface area (Å²) < 4.78 is 0. The van der Waals surface area contributed by atoms with Gasteiger partial charge in [-0.15, -0.1) is 0 Å². The van der Waals surface area contributed by atoms with Gasteiger partial charge in [0.25, 0.3) is 0 Å². The molecule has 20 heavy (non-hydrogen) atoms. The van der Waals surface area contributed by atoms with Crippen LogP contribution in [0.2, 0.25) is 0 Å². The third-order valence-electron chi connectivity index (χ3n) is 6.07. The molecule has 0 aromatic rings. The second-order valence-corrected chi connectivity index (χ2v) is 8.24. The van der Waals surface area contributed by atoms with Crippen molar-refractivity contribution in [3.05, 3.63) is 0 Å². The highest BCUT2D eigenvalue weighted by atomic mass is 16.3. The number of hydrogen-bond acceptors (Lipinski definition) is 2. The Morgan fingerprint density at radius 3 is 2.75 bits per heavy atom. The Morgan fingerprint density at radius 2 is 2.10 bits per heavy atom. The predicted octanol–water partition coefficient (Wildman–Crippen LogP) is 4.35. The van der Waals surface area contributed by atoms with Gasteiger partial charge in [0.1, 0.15) is 5.78 Å². The van der Waals surface area contributed by atoms with Crippen molar-refractivity contribution < 1.29 is 9.90 Å². The number of hydrogen-bond donors (Lipinski definition) is 1. The standard InChI is InChI=1S/C18H32O2/c1-13(7-5-11-17(2,3)20)14-9-10-15-16(19)8-6-12-18(14,15)4/h13-15,20H,5-12H2,1-4H3/t13?,14?,15-,18?/m0/s1. The summed E-state index contributed by atoms with van der Waals surface area (Å²) in [6.45, 7) is 8.52. The van der Waals surface area contributed by atoms with Gasteiger partial charge in [0.15, 0.2) is 0 Å². The first-order valence-corrected chi connectivity index (χ1v) is 8.49. The molecule has 2 rings (SSSR count). The van der Waals surface area contributed by atoms with Crippen molar-refractivity contribution in [3.8, 4) is 0 Å². The average Bonchev–Trinajstić information content (AvgIpc) is 2.66. The van der Waals surface area contributed by atoms with E-state index in [4.69, 9.17) is 0 Å². The molecule has 1 N–H and O–H groups in total. The van der Waals surface area contributed by atoms with Crippen molar-refractivity contribution in [3.63, 3.8) is 0 Å². The first-order valence-electron chi connectivity index (χ1n) is 8.49. The topological polar surface area (TPSA) is 37.3 Å². The minimum atomic E-state index is -0.539. The lowest BCUT2D eigenvalue weighted by molar-refractivity contribution is -0.130. The monoisotopic (exact) mass is 280 g/mol. The Kier molecular flexibility index (Phi) is 4.63. The van der Waals surface area contributed by atoms with E-state index in [2.05, 4.69) is 13.8 Å². The fraction of sp³-hybridized carbons (Fsp3) is 0.944. The van der Waals surface area contributed by atoms with Crippen LogP contribution in [0.25, 0.3) is 0 Å². The minimum absolute atomic E-state index is 0.267. The molecule has 0 heterocycles. The Hall–Kier alpha value is -0.370. The minimum Gasteiger partial charge on any atom is -0.390 e. The van der Waals surface area contributed by atoms with Crippen LogP contribution in [0.5, 0.6) is 0 Å². The molecule has 2 aliphatic carbocycles. The summed E-state index contributed by atoms with van der Waals surface area (Å²) in [4.78, 5) is 12.2. The normalized spacial score (nSPS) is 36.0. The predicted molar refractivity (Wildman–Crippen MR) is 82.5 cm³/mol. The van der Waals surface area contributed by atoms with E-state index >= 15 is 0 Å². The summed E-state index contributed by atoms with van der Waals surface area (Å²) in [5.41, 5.74) is -0.272. The van der Waals surface area contributed by atoms with Gasteiger partial charge in [-0.25, -0.2) is 0 Å². The maximum atomic E-state index is 12.2. The molecule has 0 aliphatic heterocycles. The molecule has 0 aromatic heterocycles. The van der Waals surface area contributed by atoms with Crippen LogP contribution in [0.3, 0.4) is 0 Å². The Morgan fingerprint density at radius 1 is 1.40 bits per heavy atom. The van der Waals surface area contributed by atoms with Gasteiger partial charge in [0.05, 0.1) is 5.60 Å². The fourth-order valence-electron chi connectivity index (χ4n) is 4.96. The summed E-state index contributed by atoms with van der Waals surface area (Å²) >= 11 is 0. The quantitative estimate of drug-likeness (QED) is 0.813. The smallest absolute Gasteiger partial charge is 0.136 e. The van der Waals surface area contributed by atoms with Crippen LogP contribution in [-0.4, -0.2) is 16.5 Å². The molecule has 4 atom stereocenters. The highest BCUT2D eigenvalue weighted by Gasteiger charge is 2.52. The van der Waals surface area contributed by atoms with Crippen molar-refractivity contribution in [1.82, 2.24) is 0 Å². The number of aliphatic hydroxyl groups is 1. The fourth-order valence-corrected chi connectivity index (χ4v) is 4.96. The number of carbonyl (C=O) groups is 1. The van der Waals surface area contributed by atoms with Crippen LogP contribution in [-0.2, 0) is 4.79 Å². The molecule has 0 amide bonds. The van der Waals surface area contributed by atoms with Crippen molar-refractivity contribution >= 4 is 5.78 Å². The molecule has 2 heteroatoms. The van der Waals surface area contributed by atoms with Crippen LogP contribution in [0.1, 0.15) is 79.1 Å². The molecule has 2 aliphatic rings. The zero-order chi connectivity index (χ0) is 15.0. The molecule has 3 unspecified atom stereocenters. The summed E-state index contributed by atoms with van der Waals surface area (Å²) in [7, 11) is 0. The van der Waals surface area contributed by atoms with Crippen LogP contribution in [0, 0.1) is 23.2 Å². The molecule has 0 bridgehead atoms. The lowest BCUT2D eigenvalue weighted by atomic mass is 9.62. The largest absolute Gasteiger partial charge is 0.390 e. The number of fused-ring (bicyclic) bond motifs is 1. The van der Waals surface area contributed by atoms with E-state index in [-0.39, 0.29) is 5.41 Å². The zero-order valence-electron chi connectivity index (χ0n) is 13.7. The highest BCUT2D eigenvalue weighted by molar-refractivity contribution is 5.83.